The van der Waals surface area contributed by atoms with Crippen LogP contribution in [0.3, 0.4) is 0 Å². The Labute approximate surface area is 104 Å². The van der Waals surface area contributed by atoms with Crippen LogP contribution in [0.1, 0.15) is 18.4 Å². The van der Waals surface area contributed by atoms with Gasteiger partial charge in [-0.2, -0.15) is 4.99 Å². The van der Waals surface area contributed by atoms with Crippen LogP contribution in [-0.4, -0.2) is 20.3 Å². The van der Waals surface area contributed by atoms with Crippen molar-refractivity contribution in [2.45, 2.75) is 18.4 Å². The lowest BCUT2D eigenvalue weighted by atomic mass is 10.0. The lowest BCUT2D eigenvalue weighted by molar-refractivity contribution is 0.387. The molecule has 0 aliphatic heterocycles. The van der Waals surface area contributed by atoms with E-state index in [1.54, 1.807) is 32.4 Å². The third-order valence-corrected chi connectivity index (χ3v) is 3.23. The standard InChI is InChI=1S/C12H12ClNO3/c1-16-8-5-9(13)11(10(6-8)17-2)12(3-4-12)14-7-15/h5-6H,3-4H2,1-2H3. The topological polar surface area (TPSA) is 47.9 Å². The summed E-state index contributed by atoms with van der Waals surface area (Å²) in [6.45, 7) is 0. The molecule has 0 aromatic heterocycles. The summed E-state index contributed by atoms with van der Waals surface area (Å²) in [6.07, 6.45) is 3.17. The minimum atomic E-state index is -0.545. The number of nitrogens with zero attached hydrogens (tertiary/aromatic N) is 1. The first kappa shape index (κ1) is 12.0. The Hall–Kier alpha value is -1.51. The van der Waals surface area contributed by atoms with Crippen LogP contribution in [0.5, 0.6) is 11.5 Å². The van der Waals surface area contributed by atoms with Gasteiger partial charge in [0.15, 0.2) is 0 Å². The molecule has 2 rings (SSSR count). The van der Waals surface area contributed by atoms with E-state index in [-0.39, 0.29) is 0 Å². The Morgan fingerprint density at radius 1 is 1.35 bits per heavy atom. The number of hydrogen-bond acceptors (Lipinski definition) is 4. The van der Waals surface area contributed by atoms with Crippen molar-refractivity contribution in [1.29, 1.82) is 0 Å². The van der Waals surface area contributed by atoms with Gasteiger partial charge in [0.25, 0.3) is 0 Å². The van der Waals surface area contributed by atoms with Gasteiger partial charge in [-0.3, -0.25) is 0 Å². The van der Waals surface area contributed by atoms with Crippen LogP contribution in [0.25, 0.3) is 0 Å². The number of methoxy groups -OCH3 is 2. The molecule has 1 aliphatic rings. The van der Waals surface area contributed by atoms with Gasteiger partial charge in [-0.25, -0.2) is 4.79 Å². The van der Waals surface area contributed by atoms with Gasteiger partial charge in [0.2, 0.25) is 6.08 Å². The molecule has 1 aromatic carbocycles. The fraction of sp³-hybridized carbons (Fsp3) is 0.417. The monoisotopic (exact) mass is 253 g/mol. The normalized spacial score (nSPS) is 15.9. The van der Waals surface area contributed by atoms with Crippen LogP contribution < -0.4 is 9.47 Å². The number of benzene rings is 1. The molecule has 0 atom stereocenters. The van der Waals surface area contributed by atoms with Gasteiger partial charge in [-0.1, -0.05) is 11.6 Å². The maximum atomic E-state index is 10.5. The molecular weight excluding hydrogens is 242 g/mol. The van der Waals surface area contributed by atoms with Crippen LogP contribution in [0.2, 0.25) is 5.02 Å². The molecule has 1 saturated carbocycles. The van der Waals surface area contributed by atoms with E-state index < -0.39 is 5.54 Å². The van der Waals surface area contributed by atoms with Crippen molar-refractivity contribution in [3.05, 3.63) is 22.7 Å². The van der Waals surface area contributed by atoms with Crippen molar-refractivity contribution < 1.29 is 14.3 Å². The Morgan fingerprint density at radius 3 is 2.53 bits per heavy atom. The van der Waals surface area contributed by atoms with Crippen LogP contribution in [0.4, 0.5) is 0 Å². The number of rotatable bonds is 4. The second-order valence-corrected chi connectivity index (χ2v) is 4.33. The molecule has 1 aliphatic carbocycles. The smallest absolute Gasteiger partial charge is 0.235 e. The zero-order valence-electron chi connectivity index (χ0n) is 9.62. The molecule has 0 heterocycles. The molecule has 0 N–H and O–H groups in total. The summed E-state index contributed by atoms with van der Waals surface area (Å²) in [5.41, 5.74) is 0.196. The summed E-state index contributed by atoms with van der Waals surface area (Å²) in [7, 11) is 3.11. The van der Waals surface area contributed by atoms with Crippen LogP contribution in [0.15, 0.2) is 17.1 Å². The highest BCUT2D eigenvalue weighted by Crippen LogP contribution is 2.55. The van der Waals surface area contributed by atoms with E-state index in [1.165, 1.54) is 0 Å². The molecule has 0 saturated heterocycles. The number of hydrogen-bond donors (Lipinski definition) is 0. The predicted octanol–water partition coefficient (Wildman–Crippen LogP) is 2.68. The highest BCUT2D eigenvalue weighted by molar-refractivity contribution is 6.32. The third-order valence-electron chi connectivity index (χ3n) is 2.93. The average Bonchev–Trinajstić information content (AvgIpc) is 3.08. The summed E-state index contributed by atoms with van der Waals surface area (Å²) in [4.78, 5) is 14.3. The Bertz CT molecular complexity index is 491. The van der Waals surface area contributed by atoms with E-state index in [2.05, 4.69) is 4.99 Å². The number of aliphatic imine (C=N–C) groups is 1. The molecule has 0 unspecified atom stereocenters. The molecule has 4 nitrogen and oxygen atoms in total. The maximum absolute atomic E-state index is 10.5. The molecule has 5 heteroatoms. The average molecular weight is 254 g/mol. The molecule has 0 spiro atoms. The number of halogens is 1. The minimum absolute atomic E-state index is 0.498. The summed E-state index contributed by atoms with van der Waals surface area (Å²) < 4.78 is 10.4. The Kier molecular flexibility index (Phi) is 3.09. The molecule has 90 valence electrons. The van der Waals surface area contributed by atoms with Gasteiger partial charge in [0.1, 0.15) is 17.0 Å². The first-order chi connectivity index (χ1) is 8.16. The molecule has 17 heavy (non-hydrogen) atoms. The molecule has 1 fully saturated rings. The van der Waals surface area contributed by atoms with E-state index in [4.69, 9.17) is 21.1 Å². The largest absolute Gasteiger partial charge is 0.497 e. The van der Waals surface area contributed by atoms with Crippen molar-refractivity contribution in [3.8, 4) is 11.5 Å². The lowest BCUT2D eigenvalue weighted by Crippen LogP contribution is -2.06. The minimum Gasteiger partial charge on any atom is -0.497 e. The maximum Gasteiger partial charge on any atom is 0.235 e. The van der Waals surface area contributed by atoms with Crippen molar-refractivity contribution >= 4 is 17.7 Å². The van der Waals surface area contributed by atoms with Gasteiger partial charge in [-0.05, 0) is 18.9 Å². The summed E-state index contributed by atoms with van der Waals surface area (Å²) in [6, 6.07) is 3.43. The van der Waals surface area contributed by atoms with Crippen molar-refractivity contribution in [2.75, 3.05) is 14.2 Å². The molecule has 0 bridgehead atoms. The quantitative estimate of drug-likeness (QED) is 0.612. The second kappa shape index (κ2) is 4.40. The summed E-state index contributed by atoms with van der Waals surface area (Å²) >= 11 is 6.20. The summed E-state index contributed by atoms with van der Waals surface area (Å²) in [5.74, 6) is 1.20. The number of ether oxygens (including phenoxy) is 2. The molecule has 0 amide bonds. The van der Waals surface area contributed by atoms with Crippen molar-refractivity contribution in [1.82, 2.24) is 0 Å². The van der Waals surface area contributed by atoms with E-state index in [0.717, 1.165) is 18.4 Å². The van der Waals surface area contributed by atoms with Gasteiger partial charge in [0, 0.05) is 11.6 Å². The Balaban J connectivity index is 2.57. The predicted molar refractivity (Wildman–Crippen MR) is 63.6 cm³/mol. The van der Waals surface area contributed by atoms with E-state index >= 15 is 0 Å². The number of isocyanates is 1. The molecule has 1 aromatic rings. The first-order valence-electron chi connectivity index (χ1n) is 5.18. The van der Waals surface area contributed by atoms with Crippen LogP contribution in [0, 0.1) is 0 Å². The van der Waals surface area contributed by atoms with Gasteiger partial charge < -0.3 is 9.47 Å². The van der Waals surface area contributed by atoms with Crippen molar-refractivity contribution in [3.63, 3.8) is 0 Å². The fourth-order valence-electron chi connectivity index (χ4n) is 1.91. The van der Waals surface area contributed by atoms with Gasteiger partial charge in [-0.15, -0.1) is 0 Å². The zero-order chi connectivity index (χ0) is 12.5. The fourth-order valence-corrected chi connectivity index (χ4v) is 2.29. The zero-order valence-corrected chi connectivity index (χ0v) is 10.4. The first-order valence-corrected chi connectivity index (χ1v) is 5.55. The van der Waals surface area contributed by atoms with Gasteiger partial charge in [0.05, 0.1) is 19.2 Å². The SMILES string of the molecule is COc1cc(Cl)c(C2(N=C=O)CC2)c(OC)c1. The lowest BCUT2D eigenvalue weighted by Gasteiger charge is -2.16. The molecular formula is C12H12ClNO3. The van der Waals surface area contributed by atoms with Crippen molar-refractivity contribution in [2.24, 2.45) is 4.99 Å². The van der Waals surface area contributed by atoms with Crippen LogP contribution >= 0.6 is 11.6 Å². The van der Waals surface area contributed by atoms with E-state index in [9.17, 15) is 4.79 Å². The van der Waals surface area contributed by atoms with E-state index in [1.807, 2.05) is 0 Å². The van der Waals surface area contributed by atoms with Gasteiger partial charge >= 0.3 is 0 Å². The van der Waals surface area contributed by atoms with Crippen LogP contribution in [-0.2, 0) is 10.3 Å². The summed E-state index contributed by atoms with van der Waals surface area (Å²) in [5, 5.41) is 0.498. The molecule has 0 radical (unpaired) electrons. The number of carbonyl (C=O) groups excluding carboxylic acids is 1. The third kappa shape index (κ3) is 2.02. The Morgan fingerprint density at radius 2 is 2.06 bits per heavy atom. The second-order valence-electron chi connectivity index (χ2n) is 3.92. The highest BCUT2D eigenvalue weighted by atomic mass is 35.5. The van der Waals surface area contributed by atoms with E-state index in [0.29, 0.717) is 16.5 Å². The highest BCUT2D eigenvalue weighted by Gasteiger charge is 2.48.